The molecule has 2 atom stereocenters. The van der Waals surface area contributed by atoms with Gasteiger partial charge in [0.05, 0.1) is 6.10 Å². The van der Waals surface area contributed by atoms with E-state index < -0.39 is 6.04 Å². The lowest BCUT2D eigenvalue weighted by atomic mass is 10.0. The van der Waals surface area contributed by atoms with Gasteiger partial charge in [0.25, 0.3) is 5.91 Å². The normalized spacial score (nSPS) is 21.3. The maximum absolute atomic E-state index is 13.0. The molecule has 140 valence electrons. The highest BCUT2D eigenvalue weighted by Crippen LogP contribution is 2.34. The molecule has 6 heteroatoms. The van der Waals surface area contributed by atoms with Crippen LogP contribution < -0.4 is 5.32 Å². The Balaban J connectivity index is 1.53. The fourth-order valence-electron chi connectivity index (χ4n) is 3.75. The van der Waals surface area contributed by atoms with Gasteiger partial charge < -0.3 is 20.1 Å². The van der Waals surface area contributed by atoms with Crippen molar-refractivity contribution in [2.75, 3.05) is 13.2 Å². The quantitative estimate of drug-likeness (QED) is 0.852. The van der Waals surface area contributed by atoms with Crippen LogP contribution in [0.15, 0.2) is 48.5 Å². The number of amides is 2. The minimum atomic E-state index is -0.644. The lowest BCUT2D eigenvalue weighted by molar-refractivity contribution is -0.126. The summed E-state index contributed by atoms with van der Waals surface area (Å²) >= 11 is 0. The molecule has 1 unspecified atom stereocenters. The molecule has 0 aromatic heterocycles. The molecule has 0 bridgehead atoms. The average molecular weight is 366 g/mol. The molecule has 4 rings (SSSR count). The molecule has 2 amide bonds. The highest BCUT2D eigenvalue weighted by atomic mass is 16.5. The number of carbonyl (C=O) groups excluding carboxylic acids is 2. The van der Waals surface area contributed by atoms with E-state index >= 15 is 0 Å². The highest BCUT2D eigenvalue weighted by Gasteiger charge is 2.42. The number of phenolic OH excluding ortho intramolecular Hbond substituents is 1. The van der Waals surface area contributed by atoms with E-state index in [9.17, 15) is 14.7 Å². The maximum atomic E-state index is 13.0. The van der Waals surface area contributed by atoms with Gasteiger partial charge in [0.2, 0.25) is 5.91 Å². The van der Waals surface area contributed by atoms with Crippen LogP contribution in [0.1, 0.15) is 40.4 Å². The number of phenols is 1. The first-order valence-corrected chi connectivity index (χ1v) is 9.20. The summed E-state index contributed by atoms with van der Waals surface area (Å²) in [4.78, 5) is 27.5. The molecular weight excluding hydrogens is 344 g/mol. The van der Waals surface area contributed by atoms with E-state index in [0.29, 0.717) is 25.3 Å². The number of rotatable bonds is 5. The van der Waals surface area contributed by atoms with Gasteiger partial charge in [0.1, 0.15) is 11.8 Å². The Labute approximate surface area is 157 Å². The number of ether oxygens (including phenoxy) is 1. The van der Waals surface area contributed by atoms with Crippen molar-refractivity contribution in [3.05, 3.63) is 65.2 Å². The van der Waals surface area contributed by atoms with Crippen LogP contribution in [0.4, 0.5) is 0 Å². The molecule has 0 aliphatic carbocycles. The summed E-state index contributed by atoms with van der Waals surface area (Å²) < 4.78 is 5.68. The Morgan fingerprint density at radius 2 is 1.96 bits per heavy atom. The zero-order valence-electron chi connectivity index (χ0n) is 14.9. The number of aromatic hydroxyl groups is 1. The zero-order chi connectivity index (χ0) is 18.8. The lowest BCUT2D eigenvalue weighted by Gasteiger charge is -2.27. The molecule has 1 fully saturated rings. The second kappa shape index (κ2) is 7.40. The van der Waals surface area contributed by atoms with Crippen molar-refractivity contribution in [3.63, 3.8) is 0 Å². The van der Waals surface area contributed by atoms with Gasteiger partial charge >= 0.3 is 0 Å². The van der Waals surface area contributed by atoms with Gasteiger partial charge in [0.15, 0.2) is 0 Å². The average Bonchev–Trinajstić information content (AvgIpc) is 3.29. The first kappa shape index (κ1) is 17.5. The molecule has 2 aliphatic heterocycles. The largest absolute Gasteiger partial charge is 0.508 e. The maximum Gasteiger partial charge on any atom is 0.255 e. The third-order valence-electron chi connectivity index (χ3n) is 5.13. The van der Waals surface area contributed by atoms with Crippen molar-refractivity contribution in [2.24, 2.45) is 0 Å². The second-order valence-electron chi connectivity index (χ2n) is 6.97. The Hall–Kier alpha value is -2.86. The van der Waals surface area contributed by atoms with Gasteiger partial charge in [-0.3, -0.25) is 9.59 Å². The van der Waals surface area contributed by atoms with E-state index in [1.54, 1.807) is 35.2 Å². The topological polar surface area (TPSA) is 78.9 Å². The highest BCUT2D eigenvalue weighted by molar-refractivity contribution is 6.04. The van der Waals surface area contributed by atoms with E-state index in [0.717, 1.165) is 24.0 Å². The molecule has 2 heterocycles. The predicted molar refractivity (Wildman–Crippen MR) is 99.1 cm³/mol. The molecule has 2 aromatic carbocycles. The molecule has 27 heavy (non-hydrogen) atoms. The third-order valence-corrected chi connectivity index (χ3v) is 5.13. The minimum Gasteiger partial charge on any atom is -0.508 e. The number of carbonyl (C=O) groups is 2. The molecule has 2 aromatic rings. The van der Waals surface area contributed by atoms with Gasteiger partial charge in [-0.2, -0.15) is 0 Å². The SMILES string of the molecule is O=C(NCc1ccc(O)cc1)C1c2ccccc2C(=O)N1C[C@@H]1CCCO1. The van der Waals surface area contributed by atoms with E-state index in [-0.39, 0.29) is 23.7 Å². The molecule has 1 saturated heterocycles. The fourth-order valence-corrected chi connectivity index (χ4v) is 3.75. The molecule has 0 radical (unpaired) electrons. The van der Waals surface area contributed by atoms with Crippen LogP contribution >= 0.6 is 0 Å². The van der Waals surface area contributed by atoms with Crippen LogP contribution in [0.3, 0.4) is 0 Å². The van der Waals surface area contributed by atoms with Crippen LogP contribution in [0.2, 0.25) is 0 Å². The van der Waals surface area contributed by atoms with Gasteiger partial charge in [-0.05, 0) is 42.2 Å². The number of fused-ring (bicyclic) bond motifs is 1. The van der Waals surface area contributed by atoms with E-state index in [4.69, 9.17) is 4.74 Å². The summed E-state index contributed by atoms with van der Waals surface area (Å²) in [6.45, 7) is 1.46. The van der Waals surface area contributed by atoms with Gasteiger partial charge in [-0.1, -0.05) is 30.3 Å². The third kappa shape index (κ3) is 3.53. The van der Waals surface area contributed by atoms with Gasteiger partial charge in [-0.25, -0.2) is 0 Å². The number of hydrogen-bond acceptors (Lipinski definition) is 4. The lowest BCUT2D eigenvalue weighted by Crippen LogP contribution is -2.42. The van der Waals surface area contributed by atoms with Crippen molar-refractivity contribution in [2.45, 2.75) is 31.5 Å². The number of benzene rings is 2. The fraction of sp³-hybridized carbons (Fsp3) is 0.333. The summed E-state index contributed by atoms with van der Waals surface area (Å²) in [5.41, 5.74) is 2.20. The number of hydrogen-bond donors (Lipinski definition) is 2. The Morgan fingerprint density at radius 1 is 1.19 bits per heavy atom. The first-order valence-electron chi connectivity index (χ1n) is 9.20. The van der Waals surface area contributed by atoms with Gasteiger partial charge in [0, 0.05) is 25.3 Å². The van der Waals surface area contributed by atoms with Crippen molar-refractivity contribution in [3.8, 4) is 5.75 Å². The van der Waals surface area contributed by atoms with Crippen LogP contribution in [0, 0.1) is 0 Å². The molecule has 2 aliphatic rings. The van der Waals surface area contributed by atoms with E-state index in [2.05, 4.69) is 5.32 Å². The monoisotopic (exact) mass is 366 g/mol. The molecule has 6 nitrogen and oxygen atoms in total. The second-order valence-corrected chi connectivity index (χ2v) is 6.97. The van der Waals surface area contributed by atoms with Crippen LogP contribution in [0.25, 0.3) is 0 Å². The van der Waals surface area contributed by atoms with Crippen LogP contribution in [0.5, 0.6) is 5.75 Å². The van der Waals surface area contributed by atoms with E-state index in [1.807, 2.05) is 18.2 Å². The number of nitrogens with one attached hydrogen (secondary N) is 1. The van der Waals surface area contributed by atoms with Crippen molar-refractivity contribution in [1.82, 2.24) is 10.2 Å². The summed E-state index contributed by atoms with van der Waals surface area (Å²) in [6.07, 6.45) is 1.87. The Kier molecular flexibility index (Phi) is 4.81. The number of nitrogens with zero attached hydrogens (tertiary/aromatic N) is 1. The summed E-state index contributed by atoms with van der Waals surface area (Å²) in [5, 5.41) is 12.3. The molecule has 0 spiro atoms. The first-order chi connectivity index (χ1) is 13.1. The summed E-state index contributed by atoms with van der Waals surface area (Å²) in [7, 11) is 0. The summed E-state index contributed by atoms with van der Waals surface area (Å²) in [5.74, 6) is -0.145. The predicted octanol–water partition coefficient (Wildman–Crippen LogP) is 2.38. The van der Waals surface area contributed by atoms with Crippen LogP contribution in [-0.2, 0) is 16.1 Å². The zero-order valence-corrected chi connectivity index (χ0v) is 14.9. The smallest absolute Gasteiger partial charge is 0.255 e. The molecular formula is C21H22N2O4. The van der Waals surface area contributed by atoms with Crippen molar-refractivity contribution >= 4 is 11.8 Å². The van der Waals surface area contributed by atoms with E-state index in [1.165, 1.54) is 0 Å². The van der Waals surface area contributed by atoms with Crippen molar-refractivity contribution in [1.29, 1.82) is 0 Å². The standard InChI is InChI=1S/C21H22N2O4/c24-15-9-7-14(8-10-15)12-22-20(25)19-17-5-1-2-6-18(17)21(26)23(19)13-16-4-3-11-27-16/h1-2,5-10,16,19,24H,3-4,11-13H2,(H,22,25)/t16-,19?/m0/s1. The summed E-state index contributed by atoms with van der Waals surface area (Å²) in [6, 6.07) is 13.3. The van der Waals surface area contributed by atoms with Crippen LogP contribution in [-0.4, -0.2) is 41.1 Å². The molecule has 2 N–H and O–H groups in total. The van der Waals surface area contributed by atoms with Gasteiger partial charge in [-0.15, -0.1) is 0 Å². The van der Waals surface area contributed by atoms with Crippen molar-refractivity contribution < 1.29 is 19.4 Å². The Bertz CT molecular complexity index is 844. The minimum absolute atomic E-state index is 0.0179. The Morgan fingerprint density at radius 3 is 2.70 bits per heavy atom. The molecule has 0 saturated carbocycles.